The summed E-state index contributed by atoms with van der Waals surface area (Å²) in [5, 5.41) is 7.86. The van der Waals surface area contributed by atoms with Crippen LogP contribution in [0.4, 0.5) is 0 Å². The normalized spacial score (nSPS) is 19.0. The molecule has 106 valence electrons. The Hall–Kier alpha value is -2.20. The first kappa shape index (κ1) is 12.5. The molecule has 21 heavy (non-hydrogen) atoms. The Labute approximate surface area is 123 Å². The lowest BCUT2D eigenvalue weighted by Gasteiger charge is -2.22. The van der Waals surface area contributed by atoms with E-state index in [2.05, 4.69) is 34.7 Å². The maximum atomic E-state index is 4.90. The molecule has 1 aliphatic rings. The molecule has 0 spiro atoms. The van der Waals surface area contributed by atoms with Gasteiger partial charge in [0, 0.05) is 29.9 Å². The average Bonchev–Trinajstić information content (AvgIpc) is 3.00. The Balaban J connectivity index is 1.75. The summed E-state index contributed by atoms with van der Waals surface area (Å²) in [6.45, 7) is 2.16. The molecular formula is C17H18N4. The third-order valence-corrected chi connectivity index (χ3v) is 4.19. The van der Waals surface area contributed by atoms with Crippen LogP contribution in [0.5, 0.6) is 0 Å². The van der Waals surface area contributed by atoms with Crippen LogP contribution < -0.4 is 5.32 Å². The van der Waals surface area contributed by atoms with Crippen molar-refractivity contribution in [3.63, 3.8) is 0 Å². The molecule has 1 atom stereocenters. The van der Waals surface area contributed by atoms with Gasteiger partial charge in [-0.15, -0.1) is 0 Å². The first-order chi connectivity index (χ1) is 10.4. The Morgan fingerprint density at radius 2 is 2.14 bits per heavy atom. The van der Waals surface area contributed by atoms with E-state index in [1.807, 2.05) is 29.0 Å². The summed E-state index contributed by atoms with van der Waals surface area (Å²) in [6, 6.07) is 12.4. The lowest BCUT2D eigenvalue weighted by molar-refractivity contribution is 0.455. The zero-order chi connectivity index (χ0) is 14.1. The van der Waals surface area contributed by atoms with Gasteiger partial charge in [0.25, 0.3) is 0 Å². The summed E-state index contributed by atoms with van der Waals surface area (Å²) in [7, 11) is 0. The van der Waals surface area contributed by atoms with Crippen LogP contribution in [0, 0.1) is 0 Å². The number of rotatable bonds is 2. The zero-order valence-electron chi connectivity index (χ0n) is 11.9. The molecule has 0 bridgehead atoms. The fraction of sp³-hybridized carbons (Fsp3) is 0.294. The average molecular weight is 278 g/mol. The van der Waals surface area contributed by atoms with E-state index >= 15 is 0 Å². The molecular weight excluding hydrogens is 260 g/mol. The van der Waals surface area contributed by atoms with Crippen LogP contribution in [0.1, 0.15) is 24.5 Å². The van der Waals surface area contributed by atoms with Gasteiger partial charge in [0.1, 0.15) is 0 Å². The Morgan fingerprint density at radius 1 is 1.14 bits per heavy atom. The molecule has 0 aromatic carbocycles. The quantitative estimate of drug-likeness (QED) is 0.783. The van der Waals surface area contributed by atoms with Crippen molar-refractivity contribution in [3.8, 4) is 11.3 Å². The molecule has 3 aromatic rings. The highest BCUT2D eigenvalue weighted by Crippen LogP contribution is 2.26. The van der Waals surface area contributed by atoms with E-state index < -0.39 is 0 Å². The van der Waals surface area contributed by atoms with Crippen LogP contribution in [0.2, 0.25) is 0 Å². The van der Waals surface area contributed by atoms with Crippen molar-refractivity contribution in [3.05, 3.63) is 54.5 Å². The van der Waals surface area contributed by atoms with E-state index in [1.54, 1.807) is 0 Å². The molecule has 0 amide bonds. The van der Waals surface area contributed by atoms with E-state index in [9.17, 15) is 0 Å². The monoisotopic (exact) mass is 278 g/mol. The SMILES string of the molecule is c1cc(-c2cnn3ccccc23)nc([C@@H]2CCCNC2)c1. The van der Waals surface area contributed by atoms with Crippen LogP contribution in [-0.4, -0.2) is 27.7 Å². The van der Waals surface area contributed by atoms with Crippen molar-refractivity contribution in [2.45, 2.75) is 18.8 Å². The first-order valence-corrected chi connectivity index (χ1v) is 7.52. The molecule has 4 heteroatoms. The molecule has 1 N–H and O–H groups in total. The van der Waals surface area contributed by atoms with Crippen molar-refractivity contribution in [2.75, 3.05) is 13.1 Å². The maximum absolute atomic E-state index is 4.90. The van der Waals surface area contributed by atoms with Crippen LogP contribution in [0.3, 0.4) is 0 Å². The number of piperidine rings is 1. The van der Waals surface area contributed by atoms with Gasteiger partial charge in [-0.25, -0.2) is 4.52 Å². The van der Waals surface area contributed by atoms with Crippen LogP contribution >= 0.6 is 0 Å². The number of nitrogens with zero attached hydrogens (tertiary/aromatic N) is 3. The summed E-state index contributed by atoms with van der Waals surface area (Å²) < 4.78 is 1.89. The molecule has 0 aliphatic carbocycles. The Bertz CT molecular complexity index is 756. The topological polar surface area (TPSA) is 42.2 Å². The first-order valence-electron chi connectivity index (χ1n) is 7.52. The maximum Gasteiger partial charge on any atom is 0.0755 e. The summed E-state index contributed by atoms with van der Waals surface area (Å²) in [5.74, 6) is 0.528. The summed E-state index contributed by atoms with van der Waals surface area (Å²) in [5.41, 5.74) is 4.40. The molecule has 4 rings (SSSR count). The molecule has 1 saturated heterocycles. The number of hydrogen-bond donors (Lipinski definition) is 1. The van der Waals surface area contributed by atoms with Crippen molar-refractivity contribution < 1.29 is 0 Å². The number of hydrogen-bond acceptors (Lipinski definition) is 3. The predicted octanol–water partition coefficient (Wildman–Crippen LogP) is 2.86. The number of aromatic nitrogens is 3. The van der Waals surface area contributed by atoms with E-state index in [1.165, 1.54) is 18.5 Å². The summed E-state index contributed by atoms with van der Waals surface area (Å²) in [4.78, 5) is 4.90. The lowest BCUT2D eigenvalue weighted by atomic mass is 9.95. The van der Waals surface area contributed by atoms with Crippen LogP contribution in [0.15, 0.2) is 48.8 Å². The standard InChI is InChI=1S/C17H18N4/c1-2-10-21-17(8-1)14(12-19-21)16-7-3-6-15(20-16)13-5-4-9-18-11-13/h1-3,6-8,10,12-13,18H,4-5,9,11H2/t13-/m1/s1. The second kappa shape index (κ2) is 5.30. The van der Waals surface area contributed by atoms with E-state index in [-0.39, 0.29) is 0 Å². The van der Waals surface area contributed by atoms with Crippen LogP contribution in [0.25, 0.3) is 16.8 Å². The minimum atomic E-state index is 0.528. The molecule has 3 aromatic heterocycles. The van der Waals surface area contributed by atoms with Crippen LogP contribution in [-0.2, 0) is 0 Å². The second-order valence-corrected chi connectivity index (χ2v) is 5.58. The van der Waals surface area contributed by atoms with Gasteiger partial charge >= 0.3 is 0 Å². The van der Waals surface area contributed by atoms with Gasteiger partial charge in [0.05, 0.1) is 17.4 Å². The van der Waals surface area contributed by atoms with E-state index in [4.69, 9.17) is 4.98 Å². The third-order valence-electron chi connectivity index (χ3n) is 4.19. The van der Waals surface area contributed by atoms with E-state index in [0.29, 0.717) is 5.92 Å². The number of pyridine rings is 2. The Kier molecular flexibility index (Phi) is 3.16. The lowest BCUT2D eigenvalue weighted by Crippen LogP contribution is -2.28. The molecule has 0 radical (unpaired) electrons. The summed E-state index contributed by atoms with van der Waals surface area (Å²) >= 11 is 0. The van der Waals surface area contributed by atoms with Crippen molar-refractivity contribution in [1.82, 2.24) is 19.9 Å². The highest BCUT2D eigenvalue weighted by atomic mass is 15.2. The third kappa shape index (κ3) is 2.32. The molecule has 4 heterocycles. The molecule has 1 aliphatic heterocycles. The van der Waals surface area contributed by atoms with Gasteiger partial charge < -0.3 is 5.32 Å². The largest absolute Gasteiger partial charge is 0.316 e. The fourth-order valence-electron chi connectivity index (χ4n) is 3.06. The zero-order valence-corrected chi connectivity index (χ0v) is 11.9. The van der Waals surface area contributed by atoms with Gasteiger partial charge in [-0.2, -0.15) is 5.10 Å². The van der Waals surface area contributed by atoms with Gasteiger partial charge in [0.2, 0.25) is 0 Å². The fourth-order valence-corrected chi connectivity index (χ4v) is 3.06. The van der Waals surface area contributed by atoms with Crippen molar-refractivity contribution >= 4 is 5.52 Å². The smallest absolute Gasteiger partial charge is 0.0755 e. The second-order valence-electron chi connectivity index (χ2n) is 5.58. The minimum Gasteiger partial charge on any atom is -0.316 e. The number of fused-ring (bicyclic) bond motifs is 1. The minimum absolute atomic E-state index is 0.528. The van der Waals surface area contributed by atoms with Crippen molar-refractivity contribution in [2.24, 2.45) is 0 Å². The van der Waals surface area contributed by atoms with Gasteiger partial charge in [-0.05, 0) is 43.7 Å². The van der Waals surface area contributed by atoms with Gasteiger partial charge in [0.15, 0.2) is 0 Å². The molecule has 0 saturated carbocycles. The molecule has 0 unspecified atom stereocenters. The van der Waals surface area contributed by atoms with Gasteiger partial charge in [-0.3, -0.25) is 4.98 Å². The highest BCUT2D eigenvalue weighted by molar-refractivity contribution is 5.77. The van der Waals surface area contributed by atoms with Crippen molar-refractivity contribution in [1.29, 1.82) is 0 Å². The Morgan fingerprint density at radius 3 is 3.05 bits per heavy atom. The highest BCUT2D eigenvalue weighted by Gasteiger charge is 2.17. The van der Waals surface area contributed by atoms with Gasteiger partial charge in [-0.1, -0.05) is 12.1 Å². The predicted molar refractivity (Wildman–Crippen MR) is 83.3 cm³/mol. The summed E-state index contributed by atoms with van der Waals surface area (Å²) in [6.07, 6.45) is 6.32. The molecule has 4 nitrogen and oxygen atoms in total. The number of nitrogens with one attached hydrogen (secondary N) is 1. The van der Waals surface area contributed by atoms with E-state index in [0.717, 1.165) is 29.9 Å². The molecule has 1 fully saturated rings.